The van der Waals surface area contributed by atoms with Gasteiger partial charge < -0.3 is 10.5 Å². The lowest BCUT2D eigenvalue weighted by Gasteiger charge is -1.99. The van der Waals surface area contributed by atoms with E-state index in [0.29, 0.717) is 12.6 Å². The predicted molar refractivity (Wildman–Crippen MR) is 56.9 cm³/mol. The lowest BCUT2D eigenvalue weighted by molar-refractivity contribution is 0.312. The van der Waals surface area contributed by atoms with Crippen LogP contribution in [0.3, 0.4) is 0 Å². The molecule has 0 spiro atoms. The van der Waals surface area contributed by atoms with E-state index in [0.717, 1.165) is 11.4 Å². The Morgan fingerprint density at radius 1 is 1.33 bits per heavy atom. The van der Waals surface area contributed by atoms with Gasteiger partial charge in [0.05, 0.1) is 12.3 Å². The first kappa shape index (κ1) is 9.51. The number of aromatic nitrogens is 3. The lowest BCUT2D eigenvalue weighted by atomic mass is 10.3. The summed E-state index contributed by atoms with van der Waals surface area (Å²) in [7, 11) is 0. The van der Waals surface area contributed by atoms with Crippen LogP contribution in [0.2, 0.25) is 0 Å². The number of ether oxygens (including phenoxy) is 1. The minimum atomic E-state index is 0.384. The van der Waals surface area contributed by atoms with Crippen molar-refractivity contribution in [3.63, 3.8) is 0 Å². The second kappa shape index (κ2) is 4.00. The van der Waals surface area contributed by atoms with Crippen molar-refractivity contribution in [2.45, 2.75) is 6.92 Å². The summed E-state index contributed by atoms with van der Waals surface area (Å²) in [6.45, 7) is 2.45. The zero-order valence-corrected chi connectivity index (χ0v) is 8.42. The summed E-state index contributed by atoms with van der Waals surface area (Å²) in [6, 6.07) is 7.77. The smallest absolute Gasteiger partial charge is 0.335 e. The van der Waals surface area contributed by atoms with Gasteiger partial charge in [-0.15, -0.1) is 5.10 Å². The highest BCUT2D eigenvalue weighted by Crippen LogP contribution is 2.11. The molecule has 15 heavy (non-hydrogen) atoms. The standard InChI is InChI=1S/C10H12N4O/c1-2-15-10-12-7-14(13-10)9-5-3-8(11)4-6-9/h3-7H,2,11H2,1H3. The van der Waals surface area contributed by atoms with Gasteiger partial charge in [0.15, 0.2) is 0 Å². The van der Waals surface area contributed by atoms with Gasteiger partial charge in [-0.25, -0.2) is 4.68 Å². The second-order valence-corrected chi connectivity index (χ2v) is 3.00. The van der Waals surface area contributed by atoms with Crippen LogP contribution in [0.15, 0.2) is 30.6 Å². The van der Waals surface area contributed by atoms with Crippen molar-refractivity contribution in [1.29, 1.82) is 0 Å². The van der Waals surface area contributed by atoms with Crippen molar-refractivity contribution in [3.8, 4) is 11.7 Å². The fraction of sp³-hybridized carbons (Fsp3) is 0.200. The molecule has 0 aliphatic heterocycles. The molecule has 1 aromatic carbocycles. The van der Waals surface area contributed by atoms with Crippen molar-refractivity contribution in [2.75, 3.05) is 12.3 Å². The van der Waals surface area contributed by atoms with Crippen LogP contribution in [0.1, 0.15) is 6.92 Å². The summed E-state index contributed by atoms with van der Waals surface area (Å²) >= 11 is 0. The Bertz CT molecular complexity index is 435. The van der Waals surface area contributed by atoms with Crippen LogP contribution in [0.5, 0.6) is 6.01 Å². The van der Waals surface area contributed by atoms with Crippen molar-refractivity contribution in [3.05, 3.63) is 30.6 Å². The molecule has 1 heterocycles. The van der Waals surface area contributed by atoms with Crippen LogP contribution in [0, 0.1) is 0 Å². The highest BCUT2D eigenvalue weighted by atomic mass is 16.5. The summed E-state index contributed by atoms with van der Waals surface area (Å²) in [4.78, 5) is 4.00. The molecule has 78 valence electrons. The SMILES string of the molecule is CCOc1ncn(-c2ccc(N)cc2)n1. The highest BCUT2D eigenvalue weighted by Gasteiger charge is 2.02. The van der Waals surface area contributed by atoms with Crippen molar-refractivity contribution >= 4 is 5.69 Å². The summed E-state index contributed by atoms with van der Waals surface area (Å²) < 4.78 is 6.81. The van der Waals surface area contributed by atoms with E-state index in [9.17, 15) is 0 Å². The van der Waals surface area contributed by atoms with E-state index in [1.54, 1.807) is 11.0 Å². The van der Waals surface area contributed by atoms with Gasteiger partial charge in [0.1, 0.15) is 6.33 Å². The largest absolute Gasteiger partial charge is 0.463 e. The van der Waals surface area contributed by atoms with Gasteiger partial charge in [-0.05, 0) is 31.2 Å². The maximum Gasteiger partial charge on any atom is 0.335 e. The molecule has 5 nitrogen and oxygen atoms in total. The zero-order chi connectivity index (χ0) is 10.7. The van der Waals surface area contributed by atoms with Gasteiger partial charge in [0.25, 0.3) is 0 Å². The fourth-order valence-electron chi connectivity index (χ4n) is 1.19. The molecule has 0 fully saturated rings. The first-order valence-corrected chi connectivity index (χ1v) is 4.70. The Labute approximate surface area is 87.5 Å². The van der Waals surface area contributed by atoms with E-state index >= 15 is 0 Å². The van der Waals surface area contributed by atoms with Gasteiger partial charge in [-0.2, -0.15) is 4.98 Å². The number of nitrogen functional groups attached to an aromatic ring is 1. The third-order valence-electron chi connectivity index (χ3n) is 1.90. The molecule has 0 saturated carbocycles. The maximum atomic E-state index is 5.59. The fourth-order valence-corrected chi connectivity index (χ4v) is 1.19. The van der Waals surface area contributed by atoms with E-state index in [1.807, 2.05) is 31.2 Å². The number of anilines is 1. The molecular formula is C10H12N4O. The topological polar surface area (TPSA) is 66.0 Å². The van der Waals surface area contributed by atoms with Crippen LogP contribution in [-0.2, 0) is 0 Å². The third-order valence-corrected chi connectivity index (χ3v) is 1.90. The van der Waals surface area contributed by atoms with Gasteiger partial charge in [0.2, 0.25) is 0 Å². The Morgan fingerprint density at radius 3 is 2.73 bits per heavy atom. The molecule has 0 unspecified atom stereocenters. The monoisotopic (exact) mass is 204 g/mol. The number of nitrogens with two attached hydrogens (primary N) is 1. The van der Waals surface area contributed by atoms with Crippen molar-refractivity contribution in [2.24, 2.45) is 0 Å². The number of hydrogen-bond acceptors (Lipinski definition) is 4. The van der Waals surface area contributed by atoms with Gasteiger partial charge in [0, 0.05) is 5.69 Å². The molecule has 2 aromatic rings. The summed E-state index contributed by atoms with van der Waals surface area (Å²) in [5.74, 6) is 0. The zero-order valence-electron chi connectivity index (χ0n) is 8.42. The molecule has 0 bridgehead atoms. The van der Waals surface area contributed by atoms with Crippen LogP contribution < -0.4 is 10.5 Å². The van der Waals surface area contributed by atoms with E-state index in [-0.39, 0.29) is 0 Å². The van der Waals surface area contributed by atoms with Crippen molar-refractivity contribution < 1.29 is 4.74 Å². The Kier molecular flexibility index (Phi) is 2.53. The van der Waals surface area contributed by atoms with Crippen LogP contribution >= 0.6 is 0 Å². The molecule has 0 aliphatic rings. The molecule has 5 heteroatoms. The number of nitrogens with zero attached hydrogens (tertiary/aromatic N) is 3. The summed E-state index contributed by atoms with van der Waals surface area (Å²) in [5, 5.41) is 4.14. The Hall–Kier alpha value is -2.04. The van der Waals surface area contributed by atoms with E-state index < -0.39 is 0 Å². The number of rotatable bonds is 3. The molecule has 0 radical (unpaired) electrons. The molecular weight excluding hydrogens is 192 g/mol. The van der Waals surface area contributed by atoms with Crippen LogP contribution in [-0.4, -0.2) is 21.4 Å². The first-order chi connectivity index (χ1) is 7.29. The quantitative estimate of drug-likeness (QED) is 0.764. The summed E-state index contributed by atoms with van der Waals surface area (Å²) in [5.41, 5.74) is 7.22. The molecule has 2 rings (SSSR count). The molecule has 0 aliphatic carbocycles. The minimum absolute atomic E-state index is 0.384. The van der Waals surface area contributed by atoms with Gasteiger partial charge in [-0.3, -0.25) is 0 Å². The van der Waals surface area contributed by atoms with E-state index in [2.05, 4.69) is 10.1 Å². The predicted octanol–water partition coefficient (Wildman–Crippen LogP) is 1.25. The minimum Gasteiger partial charge on any atom is -0.463 e. The molecule has 0 saturated heterocycles. The number of hydrogen-bond donors (Lipinski definition) is 1. The third kappa shape index (κ3) is 2.07. The van der Waals surface area contributed by atoms with Gasteiger partial charge in [-0.1, -0.05) is 0 Å². The van der Waals surface area contributed by atoms with E-state index in [1.165, 1.54) is 0 Å². The van der Waals surface area contributed by atoms with Crippen molar-refractivity contribution in [1.82, 2.24) is 14.8 Å². The molecule has 0 amide bonds. The lowest BCUT2D eigenvalue weighted by Crippen LogP contribution is -1.97. The average Bonchev–Trinajstić information content (AvgIpc) is 2.68. The normalized spacial score (nSPS) is 10.2. The molecule has 0 atom stereocenters. The van der Waals surface area contributed by atoms with Crippen LogP contribution in [0.4, 0.5) is 5.69 Å². The van der Waals surface area contributed by atoms with E-state index in [4.69, 9.17) is 10.5 Å². The summed E-state index contributed by atoms with van der Waals surface area (Å²) in [6.07, 6.45) is 1.61. The number of benzene rings is 1. The molecule has 1 aromatic heterocycles. The Balaban J connectivity index is 2.25. The second-order valence-electron chi connectivity index (χ2n) is 3.00. The first-order valence-electron chi connectivity index (χ1n) is 4.70. The Morgan fingerprint density at radius 2 is 2.07 bits per heavy atom. The highest BCUT2D eigenvalue weighted by molar-refractivity contribution is 5.44. The van der Waals surface area contributed by atoms with Crippen LogP contribution in [0.25, 0.3) is 5.69 Å². The maximum absolute atomic E-state index is 5.59. The average molecular weight is 204 g/mol. The molecule has 2 N–H and O–H groups in total. The van der Waals surface area contributed by atoms with Gasteiger partial charge >= 0.3 is 6.01 Å².